The van der Waals surface area contributed by atoms with Crippen molar-refractivity contribution in [2.24, 2.45) is 4.99 Å². The Morgan fingerprint density at radius 3 is 2.33 bits per heavy atom. The predicted molar refractivity (Wildman–Crippen MR) is 192 cm³/mol. The SMILES string of the molecule is Cc1cccc2c1-c1nc3ccccc3c3cccc(c13)N2C=N/C(=C\Cc1cccc2c1oc1ccccc12)c1ccccc1. The summed E-state index contributed by atoms with van der Waals surface area (Å²) in [5.41, 5.74) is 11.4. The molecule has 1 aliphatic heterocycles. The molecule has 1 aliphatic rings. The number of rotatable bonds is 5. The monoisotopic (exact) mass is 591 g/mol. The maximum atomic E-state index is 6.34. The number of furan rings is 1. The number of allylic oxidation sites excluding steroid dienone is 1. The molecule has 2 aromatic heterocycles. The summed E-state index contributed by atoms with van der Waals surface area (Å²) in [6.07, 6.45) is 4.87. The summed E-state index contributed by atoms with van der Waals surface area (Å²) in [4.78, 5) is 12.7. The third kappa shape index (κ3) is 4.15. The Hall–Kier alpha value is -6.00. The Morgan fingerprint density at radius 1 is 0.696 bits per heavy atom. The fourth-order valence-corrected chi connectivity index (χ4v) is 6.93. The van der Waals surface area contributed by atoms with Gasteiger partial charge in [0.05, 0.1) is 28.3 Å². The maximum Gasteiger partial charge on any atom is 0.138 e. The Balaban J connectivity index is 1.20. The summed E-state index contributed by atoms with van der Waals surface area (Å²) in [5, 5.41) is 5.78. The summed E-state index contributed by atoms with van der Waals surface area (Å²) in [5.74, 6) is 0. The van der Waals surface area contributed by atoms with Gasteiger partial charge in [0.1, 0.15) is 17.5 Å². The molecule has 0 saturated carbocycles. The van der Waals surface area contributed by atoms with E-state index in [0.717, 1.165) is 77.7 Å². The fraction of sp³-hybridized carbons (Fsp3) is 0.0476. The molecule has 0 fully saturated rings. The van der Waals surface area contributed by atoms with E-state index in [-0.39, 0.29) is 0 Å². The number of nitrogens with zero attached hydrogens (tertiary/aromatic N) is 3. The molecule has 0 aliphatic carbocycles. The van der Waals surface area contributed by atoms with Crippen molar-refractivity contribution in [3.05, 3.63) is 156 Å². The Morgan fingerprint density at radius 2 is 1.41 bits per heavy atom. The first-order valence-corrected chi connectivity index (χ1v) is 15.6. The summed E-state index contributed by atoms with van der Waals surface area (Å²) in [6, 6.07) is 46.4. The second-order valence-corrected chi connectivity index (χ2v) is 11.8. The number of aryl methyl sites for hydroxylation is 1. The van der Waals surface area contributed by atoms with Crippen LogP contribution in [0.5, 0.6) is 0 Å². The number of pyridine rings is 1. The lowest BCUT2D eigenvalue weighted by Crippen LogP contribution is -2.20. The van der Waals surface area contributed by atoms with Crippen molar-refractivity contribution in [1.82, 2.24) is 4.98 Å². The van der Waals surface area contributed by atoms with Gasteiger partial charge in [0.15, 0.2) is 0 Å². The second kappa shape index (κ2) is 10.6. The van der Waals surface area contributed by atoms with Gasteiger partial charge in [0.25, 0.3) is 0 Å². The highest BCUT2D eigenvalue weighted by Gasteiger charge is 2.27. The fourth-order valence-electron chi connectivity index (χ4n) is 6.93. The van der Waals surface area contributed by atoms with E-state index >= 15 is 0 Å². The Bertz CT molecular complexity index is 2520. The van der Waals surface area contributed by atoms with Crippen LogP contribution in [-0.2, 0) is 6.42 Å². The molecule has 0 unspecified atom stereocenters. The van der Waals surface area contributed by atoms with Crippen molar-refractivity contribution in [1.29, 1.82) is 0 Å². The molecule has 46 heavy (non-hydrogen) atoms. The number of hydrogen-bond donors (Lipinski definition) is 0. The number of benzene rings is 6. The highest BCUT2D eigenvalue weighted by atomic mass is 16.3. The Labute approximate surface area is 266 Å². The molecule has 0 amide bonds. The van der Waals surface area contributed by atoms with Crippen LogP contribution in [0.2, 0.25) is 0 Å². The van der Waals surface area contributed by atoms with Crippen molar-refractivity contribution in [3.63, 3.8) is 0 Å². The van der Waals surface area contributed by atoms with Crippen LogP contribution in [0.25, 0.3) is 60.6 Å². The van der Waals surface area contributed by atoms with E-state index in [4.69, 9.17) is 14.4 Å². The largest absolute Gasteiger partial charge is 0.456 e. The normalized spacial score (nSPS) is 13.0. The van der Waals surface area contributed by atoms with Crippen LogP contribution < -0.4 is 4.90 Å². The van der Waals surface area contributed by atoms with Crippen LogP contribution in [0.1, 0.15) is 16.7 Å². The van der Waals surface area contributed by atoms with Gasteiger partial charge in [-0.15, -0.1) is 0 Å². The molecule has 3 heterocycles. The van der Waals surface area contributed by atoms with Crippen molar-refractivity contribution in [2.75, 3.05) is 4.90 Å². The predicted octanol–water partition coefficient (Wildman–Crippen LogP) is 11.0. The van der Waals surface area contributed by atoms with Crippen molar-refractivity contribution >= 4 is 67.0 Å². The standard InChI is InChI=1S/C42H29N3O/c1-27-12-9-21-36-39(27)41-40-32(30-16-5-7-20-35(30)44-41)18-11-22-37(40)45(36)26-43-34(28-13-3-2-4-14-28)25-24-29-15-10-19-33-31-17-6-8-23-38(31)46-42(29)33/h2-23,25-26H,24H2,1H3/b34-25-,43-26?. The topological polar surface area (TPSA) is 41.6 Å². The molecule has 0 spiro atoms. The minimum Gasteiger partial charge on any atom is -0.456 e. The lowest BCUT2D eigenvalue weighted by atomic mass is 9.91. The average molecular weight is 592 g/mol. The second-order valence-electron chi connectivity index (χ2n) is 11.8. The molecule has 0 N–H and O–H groups in total. The Kier molecular flexibility index (Phi) is 6.07. The van der Waals surface area contributed by atoms with Crippen LogP contribution in [0.15, 0.2) is 149 Å². The molecule has 4 nitrogen and oxygen atoms in total. The van der Waals surface area contributed by atoms with Gasteiger partial charge in [0, 0.05) is 27.1 Å². The van der Waals surface area contributed by atoms with Gasteiger partial charge in [-0.05, 0) is 59.7 Å². The number of anilines is 2. The van der Waals surface area contributed by atoms with Crippen LogP contribution in [0.4, 0.5) is 11.4 Å². The van der Waals surface area contributed by atoms with E-state index in [1.54, 1.807) is 0 Å². The van der Waals surface area contributed by atoms with Crippen molar-refractivity contribution < 1.29 is 4.42 Å². The van der Waals surface area contributed by atoms with Crippen LogP contribution in [-0.4, -0.2) is 11.3 Å². The van der Waals surface area contributed by atoms with Crippen molar-refractivity contribution in [2.45, 2.75) is 13.3 Å². The van der Waals surface area contributed by atoms with E-state index in [2.05, 4.69) is 133 Å². The average Bonchev–Trinajstić information content (AvgIpc) is 3.49. The molecule has 9 rings (SSSR count). The maximum absolute atomic E-state index is 6.34. The number of fused-ring (bicyclic) bond motifs is 7. The minimum absolute atomic E-state index is 0.683. The smallest absolute Gasteiger partial charge is 0.138 e. The van der Waals surface area contributed by atoms with Gasteiger partial charge in [0.2, 0.25) is 0 Å². The van der Waals surface area contributed by atoms with Crippen LogP contribution in [0, 0.1) is 6.92 Å². The summed E-state index contributed by atoms with van der Waals surface area (Å²) in [7, 11) is 0. The van der Waals surface area contributed by atoms with Gasteiger partial charge in [-0.3, -0.25) is 4.90 Å². The zero-order valence-corrected chi connectivity index (χ0v) is 25.3. The molecule has 0 radical (unpaired) electrons. The molecule has 8 aromatic rings. The molecule has 6 aromatic carbocycles. The van der Waals surface area contributed by atoms with Crippen LogP contribution >= 0.6 is 0 Å². The van der Waals surface area contributed by atoms with E-state index in [0.29, 0.717) is 6.42 Å². The first-order chi connectivity index (χ1) is 22.7. The molecular weight excluding hydrogens is 562 g/mol. The van der Waals surface area contributed by atoms with Gasteiger partial charge < -0.3 is 4.42 Å². The molecular formula is C42H29N3O. The third-order valence-corrected chi connectivity index (χ3v) is 9.10. The van der Waals surface area contributed by atoms with E-state index < -0.39 is 0 Å². The number of para-hydroxylation sites is 3. The van der Waals surface area contributed by atoms with Gasteiger partial charge >= 0.3 is 0 Å². The van der Waals surface area contributed by atoms with Gasteiger partial charge in [-0.1, -0.05) is 115 Å². The molecule has 0 atom stereocenters. The highest BCUT2D eigenvalue weighted by Crippen LogP contribution is 2.49. The summed E-state index contributed by atoms with van der Waals surface area (Å²) in [6.45, 7) is 2.17. The molecule has 0 bridgehead atoms. The molecule has 218 valence electrons. The van der Waals surface area contributed by atoms with E-state index in [9.17, 15) is 0 Å². The highest BCUT2D eigenvalue weighted by molar-refractivity contribution is 6.22. The molecule has 4 heteroatoms. The van der Waals surface area contributed by atoms with E-state index in [1.165, 1.54) is 10.9 Å². The lowest BCUT2D eigenvalue weighted by molar-refractivity contribution is 0.664. The lowest BCUT2D eigenvalue weighted by Gasteiger charge is -2.31. The van der Waals surface area contributed by atoms with Crippen molar-refractivity contribution in [3.8, 4) is 11.3 Å². The number of aromatic nitrogens is 1. The molecule has 0 saturated heterocycles. The summed E-state index contributed by atoms with van der Waals surface area (Å²) >= 11 is 0. The number of aliphatic imine (C=N–C) groups is 1. The summed E-state index contributed by atoms with van der Waals surface area (Å²) < 4.78 is 6.34. The zero-order valence-electron chi connectivity index (χ0n) is 25.3. The first kappa shape index (κ1) is 26.4. The third-order valence-electron chi connectivity index (χ3n) is 9.10. The zero-order chi connectivity index (χ0) is 30.6. The minimum atomic E-state index is 0.683. The number of hydrogen-bond acceptors (Lipinski definition) is 3. The quantitative estimate of drug-likeness (QED) is 0.114. The van der Waals surface area contributed by atoms with E-state index in [1.807, 2.05) is 24.5 Å². The van der Waals surface area contributed by atoms with Crippen LogP contribution in [0.3, 0.4) is 0 Å². The van der Waals surface area contributed by atoms with Gasteiger partial charge in [-0.25, -0.2) is 9.98 Å². The first-order valence-electron chi connectivity index (χ1n) is 15.6. The van der Waals surface area contributed by atoms with Gasteiger partial charge in [-0.2, -0.15) is 0 Å².